The Labute approximate surface area is 167 Å². The van der Waals surface area contributed by atoms with Gasteiger partial charge in [0.05, 0.1) is 11.6 Å². The fraction of sp³-hybridized carbons (Fsp3) is 0.167. The SMILES string of the molecule is Cc1cc(C)c2oc(-c3ccco3)c(OC(=O)CCc3ccccc3)c(=O)c2c1. The van der Waals surface area contributed by atoms with Crippen molar-refractivity contribution in [1.82, 2.24) is 0 Å². The first-order valence-electron chi connectivity index (χ1n) is 9.39. The number of fused-ring (bicyclic) bond motifs is 1. The molecule has 0 fully saturated rings. The van der Waals surface area contributed by atoms with Crippen molar-refractivity contribution >= 4 is 16.9 Å². The Hall–Kier alpha value is -3.60. The molecule has 4 aromatic rings. The summed E-state index contributed by atoms with van der Waals surface area (Å²) in [6.07, 6.45) is 2.14. The highest BCUT2D eigenvalue weighted by Gasteiger charge is 2.23. The molecule has 29 heavy (non-hydrogen) atoms. The zero-order valence-electron chi connectivity index (χ0n) is 16.2. The molecule has 5 nitrogen and oxygen atoms in total. The first kappa shape index (κ1) is 18.7. The molecule has 0 radical (unpaired) electrons. The molecule has 2 aromatic heterocycles. The topological polar surface area (TPSA) is 69.7 Å². The van der Waals surface area contributed by atoms with Crippen LogP contribution in [0.3, 0.4) is 0 Å². The van der Waals surface area contributed by atoms with Crippen molar-refractivity contribution in [2.75, 3.05) is 0 Å². The van der Waals surface area contributed by atoms with Gasteiger partial charge in [0.2, 0.25) is 16.9 Å². The molecular weight excluding hydrogens is 368 g/mol. The van der Waals surface area contributed by atoms with E-state index in [4.69, 9.17) is 13.6 Å². The number of furan rings is 1. The summed E-state index contributed by atoms with van der Waals surface area (Å²) < 4.78 is 16.9. The van der Waals surface area contributed by atoms with E-state index in [1.54, 1.807) is 18.2 Å². The molecule has 0 aliphatic carbocycles. The summed E-state index contributed by atoms with van der Waals surface area (Å²) in [5, 5.41) is 0.378. The first-order valence-corrected chi connectivity index (χ1v) is 9.39. The minimum atomic E-state index is -0.502. The minimum absolute atomic E-state index is 0.118. The molecule has 2 heterocycles. The number of hydrogen-bond acceptors (Lipinski definition) is 5. The highest BCUT2D eigenvalue weighted by molar-refractivity contribution is 5.86. The highest BCUT2D eigenvalue weighted by Crippen LogP contribution is 2.33. The summed E-state index contributed by atoms with van der Waals surface area (Å²) in [6, 6.07) is 16.6. The average molecular weight is 388 g/mol. The van der Waals surface area contributed by atoms with Gasteiger partial charge in [-0.3, -0.25) is 9.59 Å². The van der Waals surface area contributed by atoms with Crippen molar-refractivity contribution in [3.05, 3.63) is 87.8 Å². The maximum atomic E-state index is 13.2. The Morgan fingerprint density at radius 2 is 1.83 bits per heavy atom. The van der Waals surface area contributed by atoms with E-state index in [0.29, 0.717) is 23.2 Å². The van der Waals surface area contributed by atoms with Crippen LogP contribution >= 0.6 is 0 Å². The normalized spacial score (nSPS) is 11.0. The van der Waals surface area contributed by atoms with Crippen molar-refractivity contribution in [2.45, 2.75) is 26.7 Å². The smallest absolute Gasteiger partial charge is 0.311 e. The zero-order valence-corrected chi connectivity index (χ0v) is 16.2. The lowest BCUT2D eigenvalue weighted by Gasteiger charge is -2.11. The number of carbonyl (C=O) groups is 1. The number of ether oxygens (including phenoxy) is 1. The molecule has 146 valence electrons. The average Bonchev–Trinajstić information content (AvgIpc) is 3.24. The van der Waals surface area contributed by atoms with E-state index in [9.17, 15) is 9.59 Å². The second-order valence-corrected chi connectivity index (χ2v) is 6.98. The van der Waals surface area contributed by atoms with Crippen molar-refractivity contribution < 1.29 is 18.4 Å². The third-order valence-corrected chi connectivity index (χ3v) is 4.70. The molecule has 0 saturated heterocycles. The predicted octanol–water partition coefficient (Wildman–Crippen LogP) is 5.21. The van der Waals surface area contributed by atoms with Crippen molar-refractivity contribution in [1.29, 1.82) is 0 Å². The van der Waals surface area contributed by atoms with Gasteiger partial charge in [0, 0.05) is 6.42 Å². The Balaban J connectivity index is 1.74. The van der Waals surface area contributed by atoms with E-state index in [-0.39, 0.29) is 17.9 Å². The number of hydrogen-bond donors (Lipinski definition) is 0. The van der Waals surface area contributed by atoms with Gasteiger partial charge >= 0.3 is 5.97 Å². The van der Waals surface area contributed by atoms with Crippen LogP contribution in [-0.2, 0) is 11.2 Å². The molecule has 0 spiro atoms. The number of rotatable bonds is 5. The number of aryl methyl sites for hydroxylation is 3. The highest BCUT2D eigenvalue weighted by atomic mass is 16.5. The third-order valence-electron chi connectivity index (χ3n) is 4.70. The van der Waals surface area contributed by atoms with Gasteiger partial charge in [-0.05, 0) is 55.2 Å². The molecule has 0 aliphatic heterocycles. The van der Waals surface area contributed by atoms with E-state index in [1.807, 2.05) is 50.2 Å². The molecule has 0 saturated carbocycles. The quantitative estimate of drug-likeness (QED) is 0.439. The zero-order chi connectivity index (χ0) is 20.4. The molecule has 0 amide bonds. The number of carbonyl (C=O) groups excluding carboxylic acids is 1. The number of benzene rings is 2. The fourth-order valence-electron chi connectivity index (χ4n) is 3.35. The largest absolute Gasteiger partial charge is 0.461 e. The van der Waals surface area contributed by atoms with Gasteiger partial charge in [-0.15, -0.1) is 0 Å². The Morgan fingerprint density at radius 1 is 1.03 bits per heavy atom. The summed E-state index contributed by atoms with van der Waals surface area (Å²) >= 11 is 0. The summed E-state index contributed by atoms with van der Waals surface area (Å²) in [5.41, 5.74) is 2.84. The lowest BCUT2D eigenvalue weighted by atomic mass is 10.1. The molecular formula is C24H20O5. The van der Waals surface area contributed by atoms with Gasteiger partial charge in [0.25, 0.3) is 0 Å². The minimum Gasteiger partial charge on any atom is -0.461 e. The molecule has 0 unspecified atom stereocenters. The number of esters is 1. The maximum absolute atomic E-state index is 13.2. The van der Waals surface area contributed by atoms with Crippen LogP contribution in [0.25, 0.3) is 22.5 Å². The van der Waals surface area contributed by atoms with E-state index in [0.717, 1.165) is 16.7 Å². The molecule has 5 heteroatoms. The Kier molecular flexibility index (Phi) is 5.04. The summed E-state index contributed by atoms with van der Waals surface area (Å²) in [5.74, 6) is -0.199. The first-order chi connectivity index (χ1) is 14.0. The fourth-order valence-corrected chi connectivity index (χ4v) is 3.35. The summed E-state index contributed by atoms with van der Waals surface area (Å²) in [6.45, 7) is 3.77. The van der Waals surface area contributed by atoms with E-state index >= 15 is 0 Å². The van der Waals surface area contributed by atoms with Gasteiger partial charge in [0.15, 0.2) is 5.76 Å². The summed E-state index contributed by atoms with van der Waals surface area (Å²) in [4.78, 5) is 25.7. The monoisotopic (exact) mass is 388 g/mol. The van der Waals surface area contributed by atoms with Crippen LogP contribution in [0.2, 0.25) is 0 Å². The van der Waals surface area contributed by atoms with Crippen LogP contribution in [0, 0.1) is 13.8 Å². The van der Waals surface area contributed by atoms with E-state index in [2.05, 4.69) is 0 Å². The van der Waals surface area contributed by atoms with Gasteiger partial charge in [-0.2, -0.15) is 0 Å². The Bertz CT molecular complexity index is 1220. The second kappa shape index (κ2) is 7.80. The maximum Gasteiger partial charge on any atom is 0.311 e. The van der Waals surface area contributed by atoms with Crippen LogP contribution in [0.4, 0.5) is 0 Å². The molecule has 0 aliphatic rings. The molecule has 0 atom stereocenters. The van der Waals surface area contributed by atoms with Gasteiger partial charge in [-0.25, -0.2) is 0 Å². The van der Waals surface area contributed by atoms with E-state index < -0.39 is 11.4 Å². The van der Waals surface area contributed by atoms with Gasteiger partial charge < -0.3 is 13.6 Å². The van der Waals surface area contributed by atoms with Crippen LogP contribution in [0.15, 0.2) is 74.5 Å². The van der Waals surface area contributed by atoms with Crippen LogP contribution in [-0.4, -0.2) is 5.97 Å². The lowest BCUT2D eigenvalue weighted by molar-refractivity contribution is -0.134. The van der Waals surface area contributed by atoms with Gasteiger partial charge in [-0.1, -0.05) is 36.4 Å². The second-order valence-electron chi connectivity index (χ2n) is 6.98. The molecule has 4 rings (SSSR count). The van der Waals surface area contributed by atoms with Crippen molar-refractivity contribution in [3.63, 3.8) is 0 Å². The lowest BCUT2D eigenvalue weighted by Crippen LogP contribution is -2.16. The molecule has 0 N–H and O–H groups in total. The molecule has 0 bridgehead atoms. The molecule has 2 aromatic carbocycles. The van der Waals surface area contributed by atoms with Crippen LogP contribution < -0.4 is 10.2 Å². The van der Waals surface area contributed by atoms with Gasteiger partial charge in [0.1, 0.15) is 5.58 Å². The van der Waals surface area contributed by atoms with Crippen LogP contribution in [0.1, 0.15) is 23.1 Å². The third kappa shape index (κ3) is 3.85. The predicted molar refractivity (Wildman–Crippen MR) is 110 cm³/mol. The standard InChI is InChI=1S/C24H20O5/c1-15-13-16(2)22-18(14-15)21(26)24(23(29-22)19-9-6-12-27-19)28-20(25)11-10-17-7-4-3-5-8-17/h3-9,12-14H,10-11H2,1-2H3. The van der Waals surface area contributed by atoms with Crippen molar-refractivity contribution in [3.8, 4) is 17.3 Å². The van der Waals surface area contributed by atoms with Crippen molar-refractivity contribution in [2.24, 2.45) is 0 Å². The Morgan fingerprint density at radius 3 is 2.55 bits per heavy atom. The van der Waals surface area contributed by atoms with E-state index in [1.165, 1.54) is 6.26 Å². The summed E-state index contributed by atoms with van der Waals surface area (Å²) in [7, 11) is 0. The van der Waals surface area contributed by atoms with Crippen LogP contribution in [0.5, 0.6) is 5.75 Å².